The van der Waals surface area contributed by atoms with Crippen LogP contribution in [0.2, 0.25) is 0 Å². The molecule has 0 radical (unpaired) electrons. The highest BCUT2D eigenvalue weighted by Gasteiger charge is 2.17. The highest BCUT2D eigenvalue weighted by molar-refractivity contribution is 8.00. The lowest BCUT2D eigenvalue weighted by Crippen LogP contribution is -2.01. The number of imidazole rings is 1. The zero-order valence-electron chi connectivity index (χ0n) is 9.80. The molecule has 0 aliphatic carbocycles. The highest BCUT2D eigenvalue weighted by atomic mass is 32.2. The summed E-state index contributed by atoms with van der Waals surface area (Å²) in [5.74, 6) is 1.31. The second-order valence-electron chi connectivity index (χ2n) is 4.58. The number of rotatable bonds is 3. The molecular formula is C13H17N3S. The van der Waals surface area contributed by atoms with Crippen LogP contribution in [0.4, 0.5) is 0 Å². The van der Waals surface area contributed by atoms with Crippen LogP contribution in [0.25, 0.3) is 5.65 Å². The average Bonchev–Trinajstić information content (AvgIpc) is 2.96. The molecule has 1 atom stereocenters. The molecule has 4 heteroatoms. The molecule has 2 N–H and O–H groups in total. The van der Waals surface area contributed by atoms with Crippen LogP contribution >= 0.6 is 11.8 Å². The maximum atomic E-state index is 5.64. The topological polar surface area (TPSA) is 43.3 Å². The second-order valence-corrected chi connectivity index (χ2v) is 5.98. The molecular weight excluding hydrogens is 230 g/mol. The molecule has 0 saturated carbocycles. The normalized spacial score (nSPS) is 20.2. The molecule has 2 aromatic rings. The maximum absolute atomic E-state index is 5.64. The molecule has 1 aliphatic heterocycles. The van der Waals surface area contributed by atoms with Crippen molar-refractivity contribution in [3.63, 3.8) is 0 Å². The molecule has 0 spiro atoms. The summed E-state index contributed by atoms with van der Waals surface area (Å²) in [6, 6.07) is 4.13. The van der Waals surface area contributed by atoms with Crippen LogP contribution in [0.1, 0.15) is 24.1 Å². The van der Waals surface area contributed by atoms with Crippen molar-refractivity contribution in [1.82, 2.24) is 9.38 Å². The van der Waals surface area contributed by atoms with E-state index in [4.69, 9.17) is 5.73 Å². The summed E-state index contributed by atoms with van der Waals surface area (Å²) in [4.78, 5) is 4.68. The van der Waals surface area contributed by atoms with Crippen LogP contribution in [0.5, 0.6) is 0 Å². The van der Waals surface area contributed by atoms with Gasteiger partial charge in [0, 0.05) is 30.6 Å². The zero-order valence-corrected chi connectivity index (χ0v) is 10.6. The van der Waals surface area contributed by atoms with E-state index in [1.807, 2.05) is 0 Å². The average molecular weight is 247 g/mol. The summed E-state index contributed by atoms with van der Waals surface area (Å²) in [6.45, 7) is 0.581. The van der Waals surface area contributed by atoms with E-state index in [2.05, 4.69) is 45.7 Å². The van der Waals surface area contributed by atoms with Gasteiger partial charge < -0.3 is 10.1 Å². The van der Waals surface area contributed by atoms with Gasteiger partial charge in [-0.3, -0.25) is 0 Å². The van der Waals surface area contributed by atoms with Gasteiger partial charge in [0.2, 0.25) is 0 Å². The molecule has 0 amide bonds. The van der Waals surface area contributed by atoms with E-state index in [9.17, 15) is 0 Å². The van der Waals surface area contributed by atoms with Crippen molar-refractivity contribution >= 4 is 17.4 Å². The first-order valence-electron chi connectivity index (χ1n) is 6.13. The van der Waals surface area contributed by atoms with Gasteiger partial charge in [-0.05, 0) is 36.3 Å². The Labute approximate surface area is 105 Å². The van der Waals surface area contributed by atoms with Crippen LogP contribution < -0.4 is 5.73 Å². The van der Waals surface area contributed by atoms with Gasteiger partial charge in [-0.2, -0.15) is 11.8 Å². The minimum Gasteiger partial charge on any atom is -0.326 e. The Morgan fingerprint density at radius 1 is 1.53 bits per heavy atom. The van der Waals surface area contributed by atoms with Gasteiger partial charge in [-0.1, -0.05) is 0 Å². The Balaban J connectivity index is 1.85. The first kappa shape index (κ1) is 11.1. The number of aromatic nitrogens is 2. The summed E-state index contributed by atoms with van der Waals surface area (Å²) >= 11 is 2.09. The van der Waals surface area contributed by atoms with Crippen molar-refractivity contribution in [1.29, 1.82) is 0 Å². The fourth-order valence-electron chi connectivity index (χ4n) is 2.34. The van der Waals surface area contributed by atoms with Gasteiger partial charge in [0.15, 0.2) is 0 Å². The van der Waals surface area contributed by atoms with Gasteiger partial charge in [0.25, 0.3) is 0 Å². The predicted octanol–water partition coefficient (Wildman–Crippen LogP) is 2.23. The lowest BCUT2D eigenvalue weighted by molar-refractivity contribution is 0.767. The summed E-state index contributed by atoms with van der Waals surface area (Å²) in [7, 11) is 0. The fourth-order valence-corrected chi connectivity index (χ4v) is 3.63. The number of hydrogen-bond donors (Lipinski definition) is 1. The third-order valence-corrected chi connectivity index (χ3v) is 4.67. The molecule has 1 unspecified atom stereocenters. The standard InChI is InChI=1S/C13H17N3S/c14-8-10-3-4-16-9-11(15-13(16)6-10)7-12-2-1-5-17-12/h3-4,6,9,12H,1-2,5,7-8,14H2. The van der Waals surface area contributed by atoms with Crippen LogP contribution in [0.3, 0.4) is 0 Å². The predicted molar refractivity (Wildman–Crippen MR) is 72.3 cm³/mol. The third-order valence-electron chi connectivity index (χ3n) is 3.27. The number of nitrogens with two attached hydrogens (primary N) is 1. The van der Waals surface area contributed by atoms with Crippen molar-refractivity contribution in [3.8, 4) is 0 Å². The quantitative estimate of drug-likeness (QED) is 0.904. The molecule has 1 saturated heterocycles. The van der Waals surface area contributed by atoms with E-state index < -0.39 is 0 Å². The van der Waals surface area contributed by atoms with Gasteiger partial charge in [0.1, 0.15) is 5.65 Å². The second kappa shape index (κ2) is 4.70. The summed E-state index contributed by atoms with van der Waals surface area (Å²) < 4.78 is 2.09. The first-order chi connectivity index (χ1) is 8.35. The summed E-state index contributed by atoms with van der Waals surface area (Å²) in [5.41, 5.74) is 9.01. The number of pyridine rings is 1. The lowest BCUT2D eigenvalue weighted by Gasteiger charge is -2.03. The Kier molecular flexibility index (Phi) is 3.07. The number of hydrogen-bond acceptors (Lipinski definition) is 3. The monoisotopic (exact) mass is 247 g/mol. The van der Waals surface area contributed by atoms with Crippen molar-refractivity contribution < 1.29 is 0 Å². The van der Waals surface area contributed by atoms with Crippen molar-refractivity contribution in [2.45, 2.75) is 31.1 Å². The Bertz CT molecular complexity index is 514. The van der Waals surface area contributed by atoms with E-state index in [0.717, 1.165) is 22.9 Å². The zero-order chi connectivity index (χ0) is 11.7. The smallest absolute Gasteiger partial charge is 0.137 e. The van der Waals surface area contributed by atoms with Gasteiger partial charge >= 0.3 is 0 Å². The van der Waals surface area contributed by atoms with E-state index in [-0.39, 0.29) is 0 Å². The van der Waals surface area contributed by atoms with Crippen molar-refractivity contribution in [3.05, 3.63) is 35.8 Å². The number of fused-ring (bicyclic) bond motifs is 1. The van der Waals surface area contributed by atoms with Gasteiger partial charge in [-0.25, -0.2) is 4.98 Å². The van der Waals surface area contributed by atoms with E-state index in [1.54, 1.807) is 0 Å². The van der Waals surface area contributed by atoms with Gasteiger partial charge in [0.05, 0.1) is 5.69 Å². The summed E-state index contributed by atoms with van der Waals surface area (Å²) in [6.07, 6.45) is 8.00. The minimum absolute atomic E-state index is 0.581. The molecule has 1 fully saturated rings. The SMILES string of the molecule is NCc1ccn2cc(CC3CCCS3)nc2c1. The van der Waals surface area contributed by atoms with Crippen LogP contribution in [-0.4, -0.2) is 20.4 Å². The molecule has 17 heavy (non-hydrogen) atoms. The highest BCUT2D eigenvalue weighted by Crippen LogP contribution is 2.28. The van der Waals surface area contributed by atoms with E-state index >= 15 is 0 Å². The lowest BCUT2D eigenvalue weighted by atomic mass is 10.2. The minimum atomic E-state index is 0.581. The van der Waals surface area contributed by atoms with Crippen LogP contribution in [-0.2, 0) is 13.0 Å². The molecule has 1 aliphatic rings. The summed E-state index contributed by atoms with van der Waals surface area (Å²) in [5, 5.41) is 0.772. The molecule has 3 heterocycles. The van der Waals surface area contributed by atoms with Gasteiger partial charge in [-0.15, -0.1) is 0 Å². The maximum Gasteiger partial charge on any atom is 0.137 e. The van der Waals surface area contributed by atoms with Crippen molar-refractivity contribution in [2.24, 2.45) is 5.73 Å². The molecule has 90 valence electrons. The molecule has 2 aromatic heterocycles. The van der Waals surface area contributed by atoms with E-state index in [1.165, 1.54) is 24.3 Å². The fraction of sp³-hybridized carbons (Fsp3) is 0.462. The molecule has 3 rings (SSSR count). The first-order valence-corrected chi connectivity index (χ1v) is 7.18. The Morgan fingerprint density at radius 2 is 2.47 bits per heavy atom. The molecule has 3 nitrogen and oxygen atoms in total. The van der Waals surface area contributed by atoms with E-state index in [0.29, 0.717) is 6.54 Å². The Morgan fingerprint density at radius 3 is 3.24 bits per heavy atom. The molecule has 0 aromatic carbocycles. The van der Waals surface area contributed by atoms with Crippen LogP contribution in [0, 0.1) is 0 Å². The largest absolute Gasteiger partial charge is 0.326 e. The number of nitrogens with zero attached hydrogens (tertiary/aromatic N) is 2. The van der Waals surface area contributed by atoms with Crippen molar-refractivity contribution in [2.75, 3.05) is 5.75 Å². The third kappa shape index (κ3) is 2.33. The number of thioether (sulfide) groups is 1. The van der Waals surface area contributed by atoms with Crippen LogP contribution in [0.15, 0.2) is 24.5 Å². The Hall–Kier alpha value is -1.00. The molecule has 0 bridgehead atoms.